The minimum atomic E-state index is -0.440. The van der Waals surface area contributed by atoms with Crippen molar-refractivity contribution in [3.63, 3.8) is 0 Å². The van der Waals surface area contributed by atoms with Crippen LogP contribution in [0.25, 0.3) is 11.3 Å². The molecule has 0 aliphatic heterocycles. The molecule has 0 amide bonds. The quantitative estimate of drug-likeness (QED) is 0.315. The van der Waals surface area contributed by atoms with Crippen molar-refractivity contribution in [1.82, 2.24) is 10.2 Å². The van der Waals surface area contributed by atoms with Crippen LogP contribution in [0.5, 0.6) is 17.4 Å². The Morgan fingerprint density at radius 2 is 1.90 bits per heavy atom. The fourth-order valence-electron chi connectivity index (χ4n) is 2.86. The molecule has 0 saturated heterocycles. The molecule has 0 atom stereocenters. The van der Waals surface area contributed by atoms with Crippen molar-refractivity contribution in [3.05, 3.63) is 58.9 Å². The lowest BCUT2D eigenvalue weighted by Crippen LogP contribution is -2.08. The number of aromatic nitrogens is 2. The molecular formula is C22H23ClFN3O3S. The van der Waals surface area contributed by atoms with Crippen LogP contribution in [0.4, 0.5) is 10.1 Å². The molecule has 0 aliphatic carbocycles. The highest BCUT2D eigenvalue weighted by atomic mass is 35.5. The van der Waals surface area contributed by atoms with Crippen LogP contribution < -0.4 is 19.5 Å². The summed E-state index contributed by atoms with van der Waals surface area (Å²) in [6.07, 6.45) is 0.751. The molecule has 1 N–H and O–H groups in total. The summed E-state index contributed by atoms with van der Waals surface area (Å²) in [6.45, 7) is 0.850. The molecular weight excluding hydrogens is 441 g/mol. The van der Waals surface area contributed by atoms with Crippen molar-refractivity contribution < 1.29 is 18.6 Å². The molecule has 31 heavy (non-hydrogen) atoms. The van der Waals surface area contributed by atoms with Gasteiger partial charge in [-0.25, -0.2) is 4.39 Å². The van der Waals surface area contributed by atoms with Crippen LogP contribution in [0.15, 0.2) is 42.5 Å². The maximum Gasteiger partial charge on any atom is 0.257 e. The third kappa shape index (κ3) is 5.92. The molecule has 164 valence electrons. The number of methoxy groups -OCH3 is 2. The number of nitrogens with one attached hydrogen (secondary N) is 1. The molecule has 9 heteroatoms. The maximum absolute atomic E-state index is 14.3. The standard InChI is InChI=1S/C22H23ClFN3O3S/c1-28-16-6-4-14(21(11-16)29-2)13-25-20-12-19(17-10-15(23)5-7-18(17)24)26-27-22(20)30-8-3-9-31/h4-7,10-12,31H,3,8-9,13H2,1-2H3,(H,25,26). The van der Waals surface area contributed by atoms with Gasteiger partial charge in [-0.1, -0.05) is 11.6 Å². The summed E-state index contributed by atoms with van der Waals surface area (Å²) in [5, 5.41) is 12.0. The van der Waals surface area contributed by atoms with E-state index >= 15 is 0 Å². The summed E-state index contributed by atoms with van der Waals surface area (Å²) in [4.78, 5) is 0. The van der Waals surface area contributed by atoms with E-state index in [-0.39, 0.29) is 5.56 Å². The molecule has 0 bridgehead atoms. The molecule has 3 rings (SSSR count). The Morgan fingerprint density at radius 1 is 1.06 bits per heavy atom. The second kappa shape index (κ2) is 11.1. The first kappa shape index (κ1) is 23.0. The predicted octanol–water partition coefficient (Wildman–Crippen LogP) is 5.26. The van der Waals surface area contributed by atoms with Crippen molar-refractivity contribution in [3.8, 4) is 28.6 Å². The molecule has 0 saturated carbocycles. The fraction of sp³-hybridized carbons (Fsp3) is 0.273. The second-order valence-electron chi connectivity index (χ2n) is 6.53. The van der Waals surface area contributed by atoms with Crippen molar-refractivity contribution in [2.24, 2.45) is 0 Å². The minimum absolute atomic E-state index is 0.256. The molecule has 6 nitrogen and oxygen atoms in total. The van der Waals surface area contributed by atoms with E-state index in [0.29, 0.717) is 52.7 Å². The number of hydrogen-bond acceptors (Lipinski definition) is 7. The highest BCUT2D eigenvalue weighted by Crippen LogP contribution is 2.31. The van der Waals surface area contributed by atoms with E-state index in [1.165, 1.54) is 18.2 Å². The molecule has 1 heterocycles. The van der Waals surface area contributed by atoms with Crippen LogP contribution in [-0.2, 0) is 6.54 Å². The zero-order valence-electron chi connectivity index (χ0n) is 17.2. The van der Waals surface area contributed by atoms with Crippen molar-refractivity contribution in [2.75, 3.05) is 31.9 Å². The van der Waals surface area contributed by atoms with Crippen molar-refractivity contribution in [2.45, 2.75) is 13.0 Å². The molecule has 2 aromatic carbocycles. The van der Waals surface area contributed by atoms with Gasteiger partial charge in [0.2, 0.25) is 0 Å². The molecule has 0 spiro atoms. The first-order valence-electron chi connectivity index (χ1n) is 9.57. The fourth-order valence-corrected chi connectivity index (χ4v) is 3.16. The predicted molar refractivity (Wildman–Crippen MR) is 123 cm³/mol. The van der Waals surface area contributed by atoms with Crippen LogP contribution in [0.1, 0.15) is 12.0 Å². The number of hydrogen-bond donors (Lipinski definition) is 2. The molecule has 0 unspecified atom stereocenters. The van der Waals surface area contributed by atoms with E-state index in [1.54, 1.807) is 26.4 Å². The summed E-state index contributed by atoms with van der Waals surface area (Å²) >= 11 is 10.2. The summed E-state index contributed by atoms with van der Waals surface area (Å²) in [7, 11) is 3.19. The number of benzene rings is 2. The van der Waals surface area contributed by atoms with E-state index in [9.17, 15) is 4.39 Å². The van der Waals surface area contributed by atoms with Gasteiger partial charge in [0.25, 0.3) is 5.88 Å². The topological polar surface area (TPSA) is 65.5 Å². The molecule has 0 radical (unpaired) electrons. The van der Waals surface area contributed by atoms with Crippen molar-refractivity contribution >= 4 is 29.9 Å². The van der Waals surface area contributed by atoms with E-state index < -0.39 is 5.82 Å². The van der Waals surface area contributed by atoms with Gasteiger partial charge in [0.05, 0.1) is 26.5 Å². The van der Waals surface area contributed by atoms with Gasteiger partial charge in [0, 0.05) is 28.8 Å². The van der Waals surface area contributed by atoms with Gasteiger partial charge in [0.1, 0.15) is 23.0 Å². The second-order valence-corrected chi connectivity index (χ2v) is 7.41. The lowest BCUT2D eigenvalue weighted by atomic mass is 10.1. The Kier molecular flexibility index (Phi) is 8.20. The zero-order valence-corrected chi connectivity index (χ0v) is 18.8. The lowest BCUT2D eigenvalue weighted by Gasteiger charge is -2.15. The Bertz CT molecular complexity index is 1040. The smallest absolute Gasteiger partial charge is 0.257 e. The summed E-state index contributed by atoms with van der Waals surface area (Å²) in [6, 6.07) is 11.5. The number of halogens is 2. The van der Waals surface area contributed by atoms with E-state index in [0.717, 1.165) is 12.0 Å². The van der Waals surface area contributed by atoms with Crippen LogP contribution in [0, 0.1) is 5.82 Å². The summed E-state index contributed by atoms with van der Waals surface area (Å²) in [5.74, 6) is 1.93. The number of nitrogens with zero attached hydrogens (tertiary/aromatic N) is 2. The van der Waals surface area contributed by atoms with Crippen LogP contribution in [-0.4, -0.2) is 36.8 Å². The third-order valence-electron chi connectivity index (χ3n) is 4.47. The zero-order chi connectivity index (χ0) is 22.2. The number of ether oxygens (including phenoxy) is 3. The Labute approximate surface area is 191 Å². The van der Waals surface area contributed by atoms with E-state index in [1.807, 2.05) is 12.1 Å². The average Bonchev–Trinajstić information content (AvgIpc) is 2.79. The maximum atomic E-state index is 14.3. The van der Waals surface area contributed by atoms with Crippen LogP contribution >= 0.6 is 24.2 Å². The molecule has 3 aromatic rings. The summed E-state index contributed by atoms with van der Waals surface area (Å²) < 4.78 is 30.8. The molecule has 1 aromatic heterocycles. The third-order valence-corrected chi connectivity index (χ3v) is 5.02. The Balaban J connectivity index is 1.91. The monoisotopic (exact) mass is 463 g/mol. The van der Waals surface area contributed by atoms with Gasteiger partial charge < -0.3 is 19.5 Å². The average molecular weight is 464 g/mol. The SMILES string of the molecule is COc1ccc(CNc2cc(-c3cc(Cl)ccc3F)nnc2OCCCS)c(OC)c1. The van der Waals surface area contributed by atoms with E-state index in [4.69, 9.17) is 25.8 Å². The minimum Gasteiger partial charge on any atom is -0.497 e. The summed E-state index contributed by atoms with van der Waals surface area (Å²) in [5.41, 5.74) is 2.07. The van der Waals surface area contributed by atoms with Gasteiger partial charge in [-0.15, -0.1) is 10.2 Å². The first-order chi connectivity index (χ1) is 15.0. The van der Waals surface area contributed by atoms with Gasteiger partial charge in [0.15, 0.2) is 0 Å². The molecule has 0 aliphatic rings. The Morgan fingerprint density at radius 3 is 2.65 bits per heavy atom. The Hall–Kier alpha value is -2.71. The van der Waals surface area contributed by atoms with Gasteiger partial charge in [-0.3, -0.25) is 0 Å². The van der Waals surface area contributed by atoms with Gasteiger partial charge >= 0.3 is 0 Å². The first-order valence-corrected chi connectivity index (χ1v) is 10.6. The normalized spacial score (nSPS) is 10.6. The number of anilines is 1. The number of thiol groups is 1. The number of rotatable bonds is 10. The van der Waals surface area contributed by atoms with Crippen molar-refractivity contribution in [1.29, 1.82) is 0 Å². The highest BCUT2D eigenvalue weighted by Gasteiger charge is 2.14. The lowest BCUT2D eigenvalue weighted by molar-refractivity contribution is 0.304. The van der Waals surface area contributed by atoms with Crippen LogP contribution in [0.2, 0.25) is 5.02 Å². The van der Waals surface area contributed by atoms with Crippen LogP contribution in [0.3, 0.4) is 0 Å². The van der Waals surface area contributed by atoms with E-state index in [2.05, 4.69) is 28.1 Å². The molecule has 0 fully saturated rings. The van der Waals surface area contributed by atoms with Gasteiger partial charge in [-0.2, -0.15) is 12.6 Å². The van der Waals surface area contributed by atoms with Gasteiger partial charge in [-0.05, 0) is 48.6 Å². The largest absolute Gasteiger partial charge is 0.497 e. The highest BCUT2D eigenvalue weighted by molar-refractivity contribution is 7.80.